The molecule has 12 heavy (non-hydrogen) atoms. The van der Waals surface area contributed by atoms with Gasteiger partial charge in [-0.2, -0.15) is 0 Å². The van der Waals surface area contributed by atoms with E-state index in [-0.39, 0.29) is 7.43 Å². The second-order valence-electron chi connectivity index (χ2n) is 0.975. The van der Waals surface area contributed by atoms with Gasteiger partial charge in [-0.15, -0.1) is 12.8 Å². The van der Waals surface area contributed by atoms with Crippen molar-refractivity contribution in [3.05, 3.63) is 0 Å². The molecule has 3 heteroatoms. The van der Waals surface area contributed by atoms with Crippen molar-refractivity contribution in [2.24, 2.45) is 0 Å². The van der Waals surface area contributed by atoms with Gasteiger partial charge in [0.25, 0.3) is 0 Å². The Morgan fingerprint density at radius 1 is 1.33 bits per heavy atom. The molecule has 0 bridgehead atoms. The molecule has 1 N–H and O–H groups in total. The highest BCUT2D eigenvalue weighted by Gasteiger charge is 1.57. The Hall–Kier alpha value is -0.480. The number of methoxy groups -OCH3 is 1. The first-order valence-corrected chi connectivity index (χ1v) is 3.82. The van der Waals surface area contributed by atoms with E-state index in [0.29, 0.717) is 11.9 Å². The molecule has 0 aliphatic heterocycles. The van der Waals surface area contributed by atoms with Crippen molar-refractivity contribution < 1.29 is 9.84 Å². The zero-order valence-electron chi connectivity index (χ0n) is 6.80. The standard InChI is InChI=1S/C4H6O.C3H3Br.CH4O.CH4/c1-3-4-5-2;1-2-3-4;1-2;/h1H,4H2,2H3;1H,3H2;2H,1H3;1H4. The summed E-state index contributed by atoms with van der Waals surface area (Å²) in [6, 6.07) is 0. The normalized spacial score (nSPS) is 4.83. The third kappa shape index (κ3) is 109. The van der Waals surface area contributed by atoms with E-state index in [1.54, 1.807) is 7.11 Å². The number of terminal acetylenes is 2. The van der Waals surface area contributed by atoms with Gasteiger partial charge in [0.2, 0.25) is 0 Å². The molecular formula is C9H17BrO2. The van der Waals surface area contributed by atoms with Gasteiger partial charge in [0.1, 0.15) is 6.61 Å². The molecule has 0 spiro atoms. The maximum atomic E-state index is 7.00. The molecule has 2 nitrogen and oxygen atoms in total. The second-order valence-corrected chi connectivity index (χ2v) is 1.54. The molecule has 0 aliphatic rings. The number of alkyl halides is 1. The predicted molar refractivity (Wildman–Crippen MR) is 58.2 cm³/mol. The summed E-state index contributed by atoms with van der Waals surface area (Å²) >= 11 is 3.01. The summed E-state index contributed by atoms with van der Waals surface area (Å²) in [5.41, 5.74) is 0. The molecule has 0 unspecified atom stereocenters. The van der Waals surface area contributed by atoms with E-state index in [2.05, 4.69) is 32.5 Å². The maximum absolute atomic E-state index is 7.00. The van der Waals surface area contributed by atoms with Gasteiger partial charge >= 0.3 is 0 Å². The maximum Gasteiger partial charge on any atom is 0.107 e. The molecule has 0 aromatic carbocycles. The summed E-state index contributed by atoms with van der Waals surface area (Å²) in [7, 11) is 2.57. The Labute approximate surface area is 84.5 Å². The number of hydrogen-bond acceptors (Lipinski definition) is 2. The lowest BCUT2D eigenvalue weighted by atomic mass is 10.8. The van der Waals surface area contributed by atoms with Crippen LogP contribution in [0.25, 0.3) is 0 Å². The number of hydrogen-bond donors (Lipinski definition) is 1. The van der Waals surface area contributed by atoms with Crippen LogP contribution >= 0.6 is 15.9 Å². The average Bonchev–Trinajstić information content (AvgIpc) is 2.10. The monoisotopic (exact) mass is 236 g/mol. The van der Waals surface area contributed by atoms with Gasteiger partial charge in [-0.3, -0.25) is 0 Å². The first-order valence-electron chi connectivity index (χ1n) is 2.70. The number of halogens is 1. The predicted octanol–water partition coefficient (Wildman–Crippen LogP) is 1.53. The minimum atomic E-state index is 0. The van der Waals surface area contributed by atoms with Crippen molar-refractivity contribution >= 4 is 15.9 Å². The summed E-state index contributed by atoms with van der Waals surface area (Å²) in [5, 5.41) is 7.66. The van der Waals surface area contributed by atoms with E-state index >= 15 is 0 Å². The lowest BCUT2D eigenvalue weighted by Crippen LogP contribution is -1.77. The van der Waals surface area contributed by atoms with Gasteiger partial charge < -0.3 is 9.84 Å². The number of aliphatic hydroxyl groups is 1. The Morgan fingerprint density at radius 3 is 1.67 bits per heavy atom. The highest BCUT2D eigenvalue weighted by atomic mass is 79.9. The van der Waals surface area contributed by atoms with Crippen molar-refractivity contribution in [1.82, 2.24) is 0 Å². The number of rotatable bonds is 1. The molecule has 0 fully saturated rings. The fraction of sp³-hybridized carbons (Fsp3) is 0.556. The SMILES string of the molecule is C.C#CCBr.C#CCOC.CO. The van der Waals surface area contributed by atoms with Crippen molar-refractivity contribution in [3.63, 3.8) is 0 Å². The van der Waals surface area contributed by atoms with Crippen LogP contribution in [-0.2, 0) is 4.74 Å². The lowest BCUT2D eigenvalue weighted by molar-refractivity contribution is 0.240. The molecule has 0 radical (unpaired) electrons. The molecule has 0 saturated heterocycles. The summed E-state index contributed by atoms with van der Waals surface area (Å²) in [6.07, 6.45) is 9.49. The van der Waals surface area contributed by atoms with Gasteiger partial charge in [0, 0.05) is 14.2 Å². The van der Waals surface area contributed by atoms with Crippen LogP contribution in [0.4, 0.5) is 0 Å². The smallest absolute Gasteiger partial charge is 0.107 e. The van der Waals surface area contributed by atoms with Crippen LogP contribution in [0.2, 0.25) is 0 Å². The van der Waals surface area contributed by atoms with E-state index in [1.165, 1.54) is 0 Å². The Kier molecular flexibility index (Phi) is 87.7. The number of aliphatic hydroxyl groups excluding tert-OH is 1. The lowest BCUT2D eigenvalue weighted by Gasteiger charge is -1.76. The zero-order valence-corrected chi connectivity index (χ0v) is 8.39. The minimum absolute atomic E-state index is 0. The Morgan fingerprint density at radius 2 is 1.67 bits per heavy atom. The topological polar surface area (TPSA) is 29.5 Å². The van der Waals surface area contributed by atoms with E-state index in [4.69, 9.17) is 18.0 Å². The van der Waals surface area contributed by atoms with Gasteiger partial charge in [-0.25, -0.2) is 0 Å². The van der Waals surface area contributed by atoms with Crippen LogP contribution in [0.1, 0.15) is 7.43 Å². The van der Waals surface area contributed by atoms with Crippen molar-refractivity contribution in [1.29, 1.82) is 0 Å². The second kappa shape index (κ2) is 46.7. The summed E-state index contributed by atoms with van der Waals surface area (Å²) < 4.78 is 4.45. The quantitative estimate of drug-likeness (QED) is 0.553. The molecular weight excluding hydrogens is 220 g/mol. The third-order valence-corrected chi connectivity index (χ3v) is 0.629. The highest BCUT2D eigenvalue weighted by molar-refractivity contribution is 9.09. The Balaban J connectivity index is -0.0000000419. The van der Waals surface area contributed by atoms with Crippen molar-refractivity contribution in [2.75, 3.05) is 26.2 Å². The summed E-state index contributed by atoms with van der Waals surface area (Å²) in [4.78, 5) is 0. The molecule has 0 aromatic heterocycles. The van der Waals surface area contributed by atoms with Crippen LogP contribution in [0, 0.1) is 24.7 Å². The van der Waals surface area contributed by atoms with Crippen molar-refractivity contribution in [2.45, 2.75) is 7.43 Å². The molecule has 0 saturated carbocycles. The summed E-state index contributed by atoms with van der Waals surface area (Å²) in [5.74, 6) is 4.64. The van der Waals surface area contributed by atoms with Gasteiger partial charge in [-0.1, -0.05) is 35.2 Å². The molecule has 0 aliphatic carbocycles. The van der Waals surface area contributed by atoms with Gasteiger partial charge in [0.15, 0.2) is 0 Å². The highest BCUT2D eigenvalue weighted by Crippen LogP contribution is 1.68. The zero-order chi connectivity index (χ0) is 9.54. The van der Waals surface area contributed by atoms with E-state index in [9.17, 15) is 0 Å². The van der Waals surface area contributed by atoms with Crippen LogP contribution in [0.5, 0.6) is 0 Å². The number of ether oxygens (including phenoxy) is 1. The fourth-order valence-corrected chi connectivity index (χ4v) is 0.0833. The molecule has 0 heterocycles. The van der Waals surface area contributed by atoms with E-state index in [0.717, 1.165) is 7.11 Å². The third-order valence-electron chi connectivity index (χ3n) is 0.305. The van der Waals surface area contributed by atoms with Crippen LogP contribution in [-0.4, -0.2) is 31.3 Å². The van der Waals surface area contributed by atoms with Crippen LogP contribution < -0.4 is 0 Å². The first kappa shape index (κ1) is 22.5. The molecule has 0 rings (SSSR count). The largest absolute Gasteiger partial charge is 0.400 e. The van der Waals surface area contributed by atoms with Crippen molar-refractivity contribution in [3.8, 4) is 24.7 Å². The average molecular weight is 237 g/mol. The van der Waals surface area contributed by atoms with E-state index in [1.807, 2.05) is 0 Å². The molecule has 0 amide bonds. The first-order chi connectivity index (χ1) is 5.33. The van der Waals surface area contributed by atoms with Crippen LogP contribution in [0.15, 0.2) is 0 Å². The summed E-state index contributed by atoms with van der Waals surface area (Å²) in [6.45, 7) is 0.417. The molecule has 0 atom stereocenters. The fourth-order valence-electron chi connectivity index (χ4n) is 0.0833. The van der Waals surface area contributed by atoms with Crippen LogP contribution in [0.3, 0.4) is 0 Å². The van der Waals surface area contributed by atoms with E-state index < -0.39 is 0 Å². The Bertz CT molecular complexity index is 111. The van der Waals surface area contributed by atoms with Gasteiger partial charge in [0.05, 0.1) is 5.33 Å². The molecule has 0 aromatic rings. The minimum Gasteiger partial charge on any atom is -0.400 e. The van der Waals surface area contributed by atoms with Gasteiger partial charge in [-0.05, 0) is 0 Å². The molecule has 72 valence electrons.